The molecule has 0 saturated heterocycles. The molecular formula is O2ReZn. The van der Waals surface area contributed by atoms with Gasteiger partial charge in [0.05, 0.1) is 0 Å². The Morgan fingerprint density at radius 1 is 1.25 bits per heavy atom. The van der Waals surface area contributed by atoms with E-state index in [9.17, 15) is 0 Å². The zero-order valence-corrected chi connectivity index (χ0v) is 7.58. The fraction of sp³-hybridized carbons (Fsp3) is 0. The predicted octanol–water partition coefficient (Wildman–Crippen LogP) is -0.243. The molecule has 0 aliphatic rings. The third-order valence-corrected chi connectivity index (χ3v) is 0. The van der Waals surface area contributed by atoms with Gasteiger partial charge in [-0.25, -0.2) is 0 Å². The van der Waals surface area contributed by atoms with Crippen LogP contribution in [0.15, 0.2) is 0 Å². The maximum absolute atomic E-state index is 8.38. The average Bonchev–Trinajstić information content (AvgIpc) is 1.50. The minimum absolute atomic E-state index is 0.125. The fourth-order valence-electron chi connectivity index (χ4n) is 0. The summed E-state index contributed by atoms with van der Waals surface area (Å²) in [5.74, 6) is 0. The van der Waals surface area contributed by atoms with Crippen molar-refractivity contribution in [3.05, 3.63) is 0 Å². The molecule has 0 unspecified atom stereocenters. The molecule has 0 N–H and O–H groups in total. The van der Waals surface area contributed by atoms with Gasteiger partial charge < -0.3 is 0 Å². The second kappa shape index (κ2) is 41.2. The predicted molar refractivity (Wildman–Crippen MR) is 1.37 cm³/mol. The van der Waals surface area contributed by atoms with E-state index in [-0.39, 0.29) is 18.3 Å². The van der Waals surface area contributed by atoms with E-state index in [4.69, 9.17) is 7.04 Å². The van der Waals surface area contributed by atoms with Gasteiger partial charge in [0.1, 0.15) is 0 Å². The first-order valence-corrected chi connectivity index (χ1v) is 2.76. The Bertz CT molecular complexity index is 8.00. The summed E-state index contributed by atoms with van der Waals surface area (Å²) in [7, 11) is 0. The van der Waals surface area contributed by atoms with Crippen molar-refractivity contribution < 1.29 is 44.5 Å². The van der Waals surface area contributed by atoms with Crippen LogP contribution in [0.5, 0.6) is 0 Å². The molecule has 0 spiro atoms. The Morgan fingerprint density at radius 2 is 1.25 bits per heavy atom. The molecule has 0 bridgehead atoms. The molecule has 4 heteroatoms. The van der Waals surface area contributed by atoms with Crippen LogP contribution < -0.4 is 0 Å². The van der Waals surface area contributed by atoms with Gasteiger partial charge in [-0.3, -0.25) is 0 Å². The monoisotopic (exact) mass is 283 g/mol. The summed E-state index contributed by atoms with van der Waals surface area (Å²) in [5, 5.41) is 0. The Morgan fingerprint density at radius 3 is 1.25 bits per heavy atom. The summed E-state index contributed by atoms with van der Waals surface area (Å²) in [6.07, 6.45) is 0. The molecule has 0 saturated carbocycles. The number of hydrogen-bond donors (Lipinski definition) is 0. The van der Waals surface area contributed by atoms with Crippen molar-refractivity contribution in [2.75, 3.05) is 0 Å². The van der Waals surface area contributed by atoms with Crippen molar-refractivity contribution in [3.63, 3.8) is 0 Å². The molecule has 0 rings (SSSR count). The van der Waals surface area contributed by atoms with Gasteiger partial charge in [0, 0.05) is 0 Å². The normalized spacial score (nSPS) is 2.50. The van der Waals surface area contributed by atoms with Gasteiger partial charge in [0.2, 0.25) is 0 Å². The van der Waals surface area contributed by atoms with Gasteiger partial charge in [-0.15, -0.1) is 0 Å². The molecule has 0 aromatic rings. The van der Waals surface area contributed by atoms with Crippen molar-refractivity contribution in [1.82, 2.24) is 0 Å². The Labute approximate surface area is 44.6 Å². The van der Waals surface area contributed by atoms with E-state index in [1.165, 1.54) is 0 Å². The van der Waals surface area contributed by atoms with Crippen LogP contribution >= 0.6 is 0 Å². The van der Waals surface area contributed by atoms with Gasteiger partial charge in [-0.05, 0) is 0 Å². The van der Waals surface area contributed by atoms with Crippen LogP contribution in [0.1, 0.15) is 0 Å². The molecule has 0 amide bonds. The first-order valence-electron chi connectivity index (χ1n) is 0.443. The van der Waals surface area contributed by atoms with E-state index in [0.717, 1.165) is 0 Å². The summed E-state index contributed by atoms with van der Waals surface area (Å²) in [6, 6.07) is 0. The summed E-state index contributed by atoms with van der Waals surface area (Å²) >= 11 is 0.597. The van der Waals surface area contributed by atoms with Gasteiger partial charge >= 0.3 is 44.5 Å². The first kappa shape index (κ1) is 8.86. The van der Waals surface area contributed by atoms with Crippen molar-refractivity contribution in [2.45, 2.75) is 0 Å². The molecular weight excluding hydrogens is 284 g/mol. The summed E-state index contributed by atoms with van der Waals surface area (Å²) in [5.41, 5.74) is 0. The van der Waals surface area contributed by atoms with Crippen LogP contribution in [0.4, 0.5) is 0 Å². The van der Waals surface area contributed by atoms with Crippen molar-refractivity contribution >= 4 is 0 Å². The van der Waals surface area contributed by atoms with Crippen LogP contribution in [0.2, 0.25) is 0 Å². The molecule has 4 heavy (non-hydrogen) atoms. The molecule has 2 nitrogen and oxygen atoms in total. The van der Waals surface area contributed by atoms with Crippen molar-refractivity contribution in [3.8, 4) is 0 Å². The van der Waals surface area contributed by atoms with Gasteiger partial charge in [-0.1, -0.05) is 0 Å². The summed E-state index contributed by atoms with van der Waals surface area (Å²) < 4.78 is 16.7. The molecule has 0 heterocycles. The van der Waals surface area contributed by atoms with Gasteiger partial charge in [0.25, 0.3) is 0 Å². The average molecular weight is 284 g/mol. The minimum atomic E-state index is 0.125. The SMILES string of the molecule is [O]=[Re].[O]=[Zn]. The van der Waals surface area contributed by atoms with E-state index in [1.807, 2.05) is 0 Å². The molecule has 0 atom stereocenters. The van der Waals surface area contributed by atoms with E-state index >= 15 is 0 Å². The Hall–Kier alpha value is 0.886. The van der Waals surface area contributed by atoms with Crippen molar-refractivity contribution in [2.24, 2.45) is 0 Å². The standard InChI is InChI=1S/2O.Re.Zn. The fourth-order valence-corrected chi connectivity index (χ4v) is 0. The molecule has 0 radical (unpaired) electrons. The second-order valence-corrected chi connectivity index (χ2v) is 0. The van der Waals surface area contributed by atoms with Crippen LogP contribution in [-0.2, 0) is 44.5 Å². The summed E-state index contributed by atoms with van der Waals surface area (Å²) in [4.78, 5) is 0. The zero-order valence-electron chi connectivity index (χ0n) is 1.90. The third kappa shape index (κ3) is 13.1. The van der Waals surface area contributed by atoms with Crippen LogP contribution in [0.25, 0.3) is 0 Å². The van der Waals surface area contributed by atoms with E-state index in [1.54, 1.807) is 0 Å². The Kier molecular flexibility index (Phi) is 91.3. The zero-order chi connectivity index (χ0) is 4.00. The quantitative estimate of drug-likeness (QED) is 0.575. The van der Waals surface area contributed by atoms with Crippen LogP contribution in [0.3, 0.4) is 0 Å². The molecule has 0 aliphatic heterocycles. The maximum atomic E-state index is 8.38. The van der Waals surface area contributed by atoms with Gasteiger partial charge in [-0.2, -0.15) is 0 Å². The Balaban J connectivity index is 0. The topological polar surface area (TPSA) is 34.1 Å². The molecule has 0 aromatic carbocycles. The van der Waals surface area contributed by atoms with Crippen LogP contribution in [0, 0.1) is 0 Å². The van der Waals surface area contributed by atoms with E-state index in [2.05, 4.69) is 0 Å². The molecule has 21 valence electrons. The summed E-state index contributed by atoms with van der Waals surface area (Å²) in [6.45, 7) is 0. The molecule has 0 aliphatic carbocycles. The number of hydrogen-bond acceptors (Lipinski definition) is 2. The number of rotatable bonds is 0. The first-order chi connectivity index (χ1) is 2.00. The van der Waals surface area contributed by atoms with E-state index < -0.39 is 0 Å². The van der Waals surface area contributed by atoms with Gasteiger partial charge in [0.15, 0.2) is 0 Å². The van der Waals surface area contributed by atoms with Crippen LogP contribution in [-0.4, -0.2) is 0 Å². The molecule has 0 fully saturated rings. The van der Waals surface area contributed by atoms with E-state index in [0.29, 0.717) is 19.2 Å². The second-order valence-electron chi connectivity index (χ2n) is 0. The molecule has 0 aromatic heterocycles. The third-order valence-electron chi connectivity index (χ3n) is 0. The van der Waals surface area contributed by atoms with Crippen molar-refractivity contribution in [1.29, 1.82) is 0 Å².